The number of rotatable bonds is 6. The number of hydrogen-bond acceptors (Lipinski definition) is 5. The maximum atomic E-state index is 8.75. The number of hydrogen-bond donors (Lipinski definition) is 0. The van der Waals surface area contributed by atoms with Crippen LogP contribution in [-0.4, -0.2) is 32.6 Å². The Morgan fingerprint density at radius 2 is 1.54 bits per heavy atom. The van der Waals surface area contributed by atoms with E-state index < -0.39 is 19.9 Å². The number of benzene rings is 4. The smallest absolute Gasteiger partial charge is 0.113 e. The third-order valence-corrected chi connectivity index (χ3v) is 13.6. The Bertz CT molecular complexity index is 3070. The first-order valence-corrected chi connectivity index (χ1v) is 24.9. The van der Waals surface area contributed by atoms with Gasteiger partial charge in [-0.25, -0.2) is 4.98 Å². The Balaban J connectivity index is 0.000000213. The van der Waals surface area contributed by atoms with E-state index in [0.29, 0.717) is 0 Å². The molecule has 0 atom stereocenters. The second-order valence-electron chi connectivity index (χ2n) is 18.5. The van der Waals surface area contributed by atoms with E-state index in [1.54, 1.807) is 11.3 Å². The molecule has 0 unspecified atom stereocenters. The van der Waals surface area contributed by atoms with E-state index in [2.05, 4.69) is 134 Å². The van der Waals surface area contributed by atoms with E-state index >= 15 is 0 Å². The van der Waals surface area contributed by atoms with Gasteiger partial charge < -0.3 is 9.55 Å². The van der Waals surface area contributed by atoms with Gasteiger partial charge in [0, 0.05) is 46.6 Å². The van der Waals surface area contributed by atoms with Gasteiger partial charge >= 0.3 is 0 Å². The van der Waals surface area contributed by atoms with Crippen LogP contribution in [0, 0.1) is 24.5 Å². The van der Waals surface area contributed by atoms with Crippen LogP contribution in [0.2, 0.25) is 19.6 Å². The van der Waals surface area contributed by atoms with Crippen molar-refractivity contribution in [1.82, 2.24) is 24.5 Å². The monoisotopic (exact) mass is 1010 g/mol. The first kappa shape index (κ1) is 41.2. The topological polar surface area (TPSA) is 56.5 Å². The molecule has 0 saturated heterocycles. The van der Waals surface area contributed by atoms with Crippen LogP contribution < -0.4 is 5.19 Å². The van der Waals surface area contributed by atoms with Crippen molar-refractivity contribution in [3.05, 3.63) is 157 Å². The fourth-order valence-electron chi connectivity index (χ4n) is 7.62. The van der Waals surface area contributed by atoms with Gasteiger partial charge in [-0.15, -0.1) is 54.1 Å². The standard InChI is InChI=1S/C34H27N4S.C19H26NSi.Ir/c1-21-13-15-25-24-11-8-12-26(31(24)39-33(25)36-21)32-37-28-17-18-35-20-30(28)38(32)29-16-14-23(19-27(29)34(2,3)4)22-9-6-5-7-10-22;1-19(2,3)13-16-12-17(15-10-8-7-9-11-15)20-14-18(16)21(4,5)6;/h5-11,13-20H,1-4H3;7-10,12,14H,13H2,1-6H3;/q2*-1;/i;13D2;. The molecule has 0 aliphatic rings. The molecule has 311 valence electrons. The van der Waals surface area contributed by atoms with Crippen molar-refractivity contribution in [3.8, 4) is 39.5 Å². The first-order chi connectivity index (χ1) is 29.3. The van der Waals surface area contributed by atoms with E-state index in [1.807, 2.05) is 88.8 Å². The fourth-order valence-corrected chi connectivity index (χ4v) is 10.2. The van der Waals surface area contributed by atoms with E-state index in [0.717, 1.165) is 65.3 Å². The number of imidazole rings is 1. The number of pyridine rings is 3. The van der Waals surface area contributed by atoms with Crippen LogP contribution in [0.1, 0.15) is 61.1 Å². The van der Waals surface area contributed by atoms with Crippen molar-refractivity contribution in [3.63, 3.8) is 0 Å². The summed E-state index contributed by atoms with van der Waals surface area (Å²) in [5, 5.41) is 3.45. The molecular weight excluding hydrogens is 959 g/mol. The normalized spacial score (nSPS) is 12.8. The summed E-state index contributed by atoms with van der Waals surface area (Å²) < 4.78 is 20.9. The van der Waals surface area contributed by atoms with Crippen molar-refractivity contribution < 1.29 is 22.8 Å². The van der Waals surface area contributed by atoms with Crippen LogP contribution in [0.15, 0.2) is 128 Å². The van der Waals surface area contributed by atoms with Crippen molar-refractivity contribution >= 4 is 55.9 Å². The van der Waals surface area contributed by atoms with Gasteiger partial charge in [0.15, 0.2) is 0 Å². The zero-order valence-electron chi connectivity index (χ0n) is 38.6. The van der Waals surface area contributed by atoms with Gasteiger partial charge in [-0.2, -0.15) is 11.3 Å². The molecule has 9 aromatic rings. The molecule has 8 heteroatoms. The van der Waals surface area contributed by atoms with E-state index in [-0.39, 0.29) is 25.5 Å². The van der Waals surface area contributed by atoms with Crippen LogP contribution in [-0.2, 0) is 31.9 Å². The van der Waals surface area contributed by atoms with Crippen LogP contribution in [0.25, 0.3) is 70.8 Å². The number of aromatic nitrogens is 5. The van der Waals surface area contributed by atoms with Crippen molar-refractivity contribution in [2.24, 2.45) is 5.41 Å². The molecule has 1 radical (unpaired) electrons. The molecule has 5 heterocycles. The summed E-state index contributed by atoms with van der Waals surface area (Å²) in [5.41, 5.74) is 10.5. The minimum atomic E-state index is -1.70. The largest absolute Gasteiger partial charge is 0.332 e. The van der Waals surface area contributed by atoms with Crippen molar-refractivity contribution in [1.29, 1.82) is 0 Å². The molecule has 0 bridgehead atoms. The van der Waals surface area contributed by atoms with E-state index in [1.165, 1.54) is 27.5 Å². The molecule has 0 saturated carbocycles. The molecule has 5 aromatic heterocycles. The SMILES string of the molecule is Cc1ccc2c(n1)sc1c(-c3nc4ccncc4n3-c3ccc(-c4ccccc4)cc3C(C)(C)C)[c-]ccc12.[2H]C([2H])(c1cc(-c2[c-]cccc2)ncc1[Si](C)(C)C)C(C)(C)C.[Ir]. The Kier molecular flexibility index (Phi) is 11.7. The summed E-state index contributed by atoms with van der Waals surface area (Å²) in [4.78, 5) is 20.1. The Morgan fingerprint density at radius 3 is 2.25 bits per heavy atom. The minimum absolute atomic E-state index is 0. The number of thiophene rings is 1. The third-order valence-electron chi connectivity index (χ3n) is 10.5. The van der Waals surface area contributed by atoms with Crippen LogP contribution in [0.3, 0.4) is 0 Å². The molecule has 0 spiro atoms. The van der Waals surface area contributed by atoms with Crippen LogP contribution in [0.4, 0.5) is 0 Å². The van der Waals surface area contributed by atoms with Crippen LogP contribution >= 0.6 is 11.3 Å². The molecule has 9 rings (SSSR count). The summed E-state index contributed by atoms with van der Waals surface area (Å²) in [6.45, 7) is 21.4. The summed E-state index contributed by atoms with van der Waals surface area (Å²) in [7, 11) is -1.70. The van der Waals surface area contributed by atoms with Crippen molar-refractivity contribution in [2.75, 3.05) is 0 Å². The number of fused-ring (bicyclic) bond motifs is 4. The molecule has 0 fully saturated rings. The molecule has 0 aliphatic heterocycles. The third kappa shape index (κ3) is 9.39. The van der Waals surface area contributed by atoms with E-state index in [4.69, 9.17) is 12.7 Å². The molecule has 0 amide bonds. The maximum absolute atomic E-state index is 8.75. The molecule has 0 aliphatic carbocycles. The van der Waals surface area contributed by atoms with Gasteiger partial charge in [-0.05, 0) is 86.0 Å². The summed E-state index contributed by atoms with van der Waals surface area (Å²) in [5.74, 6) is 0.866. The van der Waals surface area contributed by atoms with Crippen LogP contribution in [0.5, 0.6) is 0 Å². The minimum Gasteiger partial charge on any atom is -0.332 e. The van der Waals surface area contributed by atoms with Gasteiger partial charge in [0.05, 0.1) is 31.1 Å². The quantitative estimate of drug-likeness (QED) is 0.123. The summed E-state index contributed by atoms with van der Waals surface area (Å²) in [6.07, 6.45) is 4.19. The predicted octanol–water partition coefficient (Wildman–Crippen LogP) is 13.6. The fraction of sp³-hybridized carbons (Fsp3) is 0.245. The average Bonchev–Trinajstić information content (AvgIpc) is 3.81. The average molecular weight is 1010 g/mol. The van der Waals surface area contributed by atoms with Gasteiger partial charge in [0.2, 0.25) is 0 Å². The second kappa shape index (κ2) is 17.3. The zero-order chi connectivity index (χ0) is 44.2. The number of nitrogens with zero attached hydrogens (tertiary/aromatic N) is 5. The predicted molar refractivity (Wildman–Crippen MR) is 257 cm³/mol. The zero-order valence-corrected chi connectivity index (χ0v) is 40.8. The Morgan fingerprint density at radius 1 is 0.770 bits per heavy atom. The molecule has 61 heavy (non-hydrogen) atoms. The van der Waals surface area contributed by atoms with Gasteiger partial charge in [-0.3, -0.25) is 9.97 Å². The van der Waals surface area contributed by atoms with Gasteiger partial charge in [0.25, 0.3) is 0 Å². The van der Waals surface area contributed by atoms with Crippen molar-refractivity contribution in [2.45, 2.75) is 79.9 Å². The number of aryl methyl sites for hydroxylation is 1. The van der Waals surface area contributed by atoms with Gasteiger partial charge in [0.1, 0.15) is 4.83 Å². The summed E-state index contributed by atoms with van der Waals surface area (Å²) in [6, 6.07) is 44.1. The summed E-state index contributed by atoms with van der Waals surface area (Å²) >= 11 is 1.71. The second-order valence-corrected chi connectivity index (χ2v) is 24.5. The van der Waals surface area contributed by atoms with E-state index in [9.17, 15) is 0 Å². The maximum Gasteiger partial charge on any atom is 0.113 e. The molecule has 0 N–H and O–H groups in total. The van der Waals surface area contributed by atoms with Gasteiger partial charge in [-0.1, -0.05) is 126 Å². The Hall–Kier alpha value is -5.11. The Labute approximate surface area is 382 Å². The molecule has 5 nitrogen and oxygen atoms in total. The molecule has 4 aromatic carbocycles. The molecular formula is C53H53IrN5SSi-2. The first-order valence-electron chi connectivity index (χ1n) is 21.5.